The number of hydrogen-bond acceptors (Lipinski definition) is 12. The zero-order valence-corrected chi connectivity index (χ0v) is 26.6. The number of anilines is 2. The average Bonchev–Trinajstić information content (AvgIpc) is 3.78. The Morgan fingerprint density at radius 3 is 2.35 bits per heavy atom. The van der Waals surface area contributed by atoms with E-state index < -0.39 is 48.6 Å². The Hall–Kier alpha value is -4.10. The molecular formula is C30H41F3N8O7. The lowest BCUT2D eigenvalue weighted by Gasteiger charge is -2.25. The summed E-state index contributed by atoms with van der Waals surface area (Å²) in [5.74, 6) is -2.16. The van der Waals surface area contributed by atoms with Gasteiger partial charge in [-0.25, -0.2) is 9.78 Å². The number of imidazole rings is 1. The van der Waals surface area contributed by atoms with Gasteiger partial charge in [0.2, 0.25) is 11.9 Å². The molecule has 264 valence electrons. The number of carbonyl (C=O) groups excluding carboxylic acids is 1. The van der Waals surface area contributed by atoms with E-state index in [9.17, 15) is 38.4 Å². The van der Waals surface area contributed by atoms with Crippen molar-refractivity contribution in [3.05, 3.63) is 42.2 Å². The summed E-state index contributed by atoms with van der Waals surface area (Å²) >= 11 is 0. The van der Waals surface area contributed by atoms with E-state index in [0.717, 1.165) is 19.5 Å². The Morgan fingerprint density at radius 1 is 1.12 bits per heavy atom. The topological polar surface area (TPSA) is 209 Å². The second kappa shape index (κ2) is 15.4. The van der Waals surface area contributed by atoms with Gasteiger partial charge in [-0.1, -0.05) is 37.3 Å². The zero-order valence-electron chi connectivity index (χ0n) is 26.6. The van der Waals surface area contributed by atoms with Crippen LogP contribution in [-0.2, 0) is 9.59 Å². The van der Waals surface area contributed by atoms with Gasteiger partial charge in [0.1, 0.15) is 18.3 Å². The molecule has 1 saturated carbocycles. The Kier molecular flexibility index (Phi) is 11.8. The number of carbonyl (C=O) groups is 2. The molecule has 3 aromatic rings. The van der Waals surface area contributed by atoms with E-state index in [1.807, 2.05) is 32.3 Å². The third-order valence-corrected chi connectivity index (χ3v) is 8.55. The molecule has 2 aliphatic rings. The third kappa shape index (κ3) is 8.30. The van der Waals surface area contributed by atoms with Gasteiger partial charge in [0.15, 0.2) is 17.0 Å². The van der Waals surface area contributed by atoms with Crippen molar-refractivity contribution in [3.63, 3.8) is 0 Å². The number of carboxylic acids is 1. The van der Waals surface area contributed by atoms with Gasteiger partial charge < -0.3 is 50.5 Å². The van der Waals surface area contributed by atoms with Gasteiger partial charge in [0.05, 0.1) is 31.1 Å². The van der Waals surface area contributed by atoms with Crippen molar-refractivity contribution >= 4 is 34.8 Å². The summed E-state index contributed by atoms with van der Waals surface area (Å²) in [4.78, 5) is 39.4. The number of rotatable bonds is 10. The maximum Gasteiger partial charge on any atom is 0.490 e. The molecule has 1 amide bonds. The van der Waals surface area contributed by atoms with Crippen LogP contribution in [0.3, 0.4) is 0 Å². The number of aliphatic hydroxyl groups excluding tert-OH is 4. The smallest absolute Gasteiger partial charge is 0.475 e. The van der Waals surface area contributed by atoms with Gasteiger partial charge in [-0.15, -0.1) is 0 Å². The maximum atomic E-state index is 12.0. The highest BCUT2D eigenvalue weighted by molar-refractivity contribution is 5.85. The molecule has 7 N–H and O–H groups in total. The predicted molar refractivity (Wildman–Crippen MR) is 167 cm³/mol. The molecule has 0 radical (unpaired) electrons. The van der Waals surface area contributed by atoms with E-state index in [-0.39, 0.29) is 18.9 Å². The lowest BCUT2D eigenvalue weighted by Crippen LogP contribution is -2.42. The lowest BCUT2D eigenvalue weighted by molar-refractivity contribution is -0.192. The second-order valence-electron chi connectivity index (χ2n) is 12.0. The van der Waals surface area contributed by atoms with E-state index >= 15 is 0 Å². The van der Waals surface area contributed by atoms with E-state index in [1.54, 1.807) is 30.0 Å². The van der Waals surface area contributed by atoms with Crippen molar-refractivity contribution in [3.8, 4) is 0 Å². The van der Waals surface area contributed by atoms with Gasteiger partial charge in [-0.3, -0.25) is 4.79 Å². The van der Waals surface area contributed by atoms with Crippen molar-refractivity contribution in [2.45, 2.75) is 74.8 Å². The van der Waals surface area contributed by atoms with Crippen LogP contribution in [0.25, 0.3) is 11.2 Å². The van der Waals surface area contributed by atoms with Crippen LogP contribution in [0.4, 0.5) is 24.9 Å². The fourth-order valence-corrected chi connectivity index (χ4v) is 5.75. The van der Waals surface area contributed by atoms with Crippen LogP contribution in [0, 0.1) is 0 Å². The number of likely N-dealkylation sites (N-methyl/N-ethyl adjacent to an activating group) is 1. The van der Waals surface area contributed by atoms with Crippen LogP contribution in [0.1, 0.15) is 43.9 Å². The molecule has 0 unspecified atom stereocenters. The molecule has 1 aromatic carbocycles. The van der Waals surface area contributed by atoms with Crippen molar-refractivity contribution in [2.75, 3.05) is 44.0 Å². The molecule has 0 bridgehead atoms. The first kappa shape index (κ1) is 36.7. The summed E-state index contributed by atoms with van der Waals surface area (Å²) in [6.45, 7) is 2.83. The Balaban J connectivity index is 0.000000671. The molecule has 1 aliphatic heterocycles. The monoisotopic (exact) mass is 682 g/mol. The number of benzene rings is 1. The van der Waals surface area contributed by atoms with Gasteiger partial charge in [0.25, 0.3) is 0 Å². The number of aliphatic carboxylic acids is 1. The molecule has 48 heavy (non-hydrogen) atoms. The first-order valence-corrected chi connectivity index (χ1v) is 15.4. The van der Waals surface area contributed by atoms with E-state index in [1.165, 1.54) is 0 Å². The summed E-state index contributed by atoms with van der Waals surface area (Å²) in [6, 6.07) is 7.41. The van der Waals surface area contributed by atoms with Crippen molar-refractivity contribution in [1.29, 1.82) is 0 Å². The highest BCUT2D eigenvalue weighted by atomic mass is 19.4. The van der Waals surface area contributed by atoms with Gasteiger partial charge in [0, 0.05) is 25.6 Å². The molecule has 15 nitrogen and oxygen atoms in total. The number of nitrogens with zero attached hydrogens (tertiary/aromatic N) is 6. The highest BCUT2D eigenvalue weighted by Crippen LogP contribution is 2.35. The minimum atomic E-state index is -5.08. The zero-order chi connectivity index (χ0) is 35.3. The van der Waals surface area contributed by atoms with Crippen LogP contribution in [0.15, 0.2) is 36.7 Å². The van der Waals surface area contributed by atoms with Crippen molar-refractivity contribution < 1.29 is 48.3 Å². The largest absolute Gasteiger partial charge is 0.490 e. The lowest BCUT2D eigenvalue weighted by atomic mass is 10.0. The molecule has 0 spiro atoms. The number of aromatic nitrogens is 4. The van der Waals surface area contributed by atoms with Crippen LogP contribution in [0.2, 0.25) is 0 Å². The molecular weight excluding hydrogens is 641 g/mol. The Bertz CT molecular complexity index is 1540. The van der Waals surface area contributed by atoms with Gasteiger partial charge in [-0.2, -0.15) is 23.1 Å². The predicted octanol–water partition coefficient (Wildman–Crippen LogP) is 0.668. The quantitative estimate of drug-likeness (QED) is 0.157. The first-order valence-electron chi connectivity index (χ1n) is 15.4. The third-order valence-electron chi connectivity index (χ3n) is 8.55. The summed E-state index contributed by atoms with van der Waals surface area (Å²) in [7, 11) is 4.08. The van der Waals surface area contributed by atoms with Crippen LogP contribution >= 0.6 is 0 Å². The molecule has 18 heteroatoms. The molecule has 1 saturated heterocycles. The van der Waals surface area contributed by atoms with Gasteiger partial charge in [-0.05, 0) is 32.5 Å². The molecule has 2 fully saturated rings. The maximum absolute atomic E-state index is 12.0. The number of halogens is 3. The van der Waals surface area contributed by atoms with E-state index in [2.05, 4.69) is 25.4 Å². The molecule has 3 heterocycles. The summed E-state index contributed by atoms with van der Waals surface area (Å²) in [6.07, 6.45) is -5.35. The van der Waals surface area contributed by atoms with Crippen LogP contribution < -0.4 is 15.5 Å². The molecule has 1 aliphatic carbocycles. The molecule has 2 aromatic heterocycles. The van der Waals surface area contributed by atoms with Crippen molar-refractivity contribution in [1.82, 2.24) is 29.7 Å². The first-order chi connectivity index (χ1) is 22.7. The van der Waals surface area contributed by atoms with Crippen LogP contribution in [0.5, 0.6) is 0 Å². The molecule has 5 rings (SSSR count). The second-order valence-corrected chi connectivity index (χ2v) is 12.0. The minimum Gasteiger partial charge on any atom is -0.475 e. The number of hydrogen-bond donors (Lipinski definition) is 7. The van der Waals surface area contributed by atoms with Crippen molar-refractivity contribution in [2.24, 2.45) is 0 Å². The molecule has 7 atom stereocenters. The normalized spacial score (nSPS) is 23.9. The minimum absolute atomic E-state index is 0.204. The summed E-state index contributed by atoms with van der Waals surface area (Å²) in [5, 5.41) is 56.1. The summed E-state index contributed by atoms with van der Waals surface area (Å²) < 4.78 is 33.5. The number of fused-ring (bicyclic) bond motifs is 1. The number of aliphatic hydroxyl groups is 4. The SMILES string of the molecule is CCC(=O)N[C@H]1C[C@@H](n2cnc3c(N[C@@H](CO)[C@@H](O)c4ccccc4)nc(N4CC[C@@H](N(C)C)C4)nc32)[C@H](O)[C@@H]1O.O=C(O)C(F)(F)F. The van der Waals surface area contributed by atoms with E-state index in [0.29, 0.717) is 41.0 Å². The number of alkyl halides is 3. The number of carboxylic acid groups (broad SMARTS) is 1. The summed E-state index contributed by atoms with van der Waals surface area (Å²) in [5.41, 5.74) is 1.49. The standard InChI is InChI=1S/C28H40N8O5.C2HF3O2/c1-4-21(38)30-18-12-20(25(41)24(18)40)36-15-29-22-26(31-19(14-37)23(39)16-8-6-5-7-9-16)32-28(33-27(22)36)35-11-10-17(13-35)34(2)3;3-2(4,5)1(6)7/h5-9,15,17-20,23-25,37,39-41H,4,10-14H2,1-3H3,(H,30,38)(H,31,32,33);(H,6,7)/t17-,18+,19+,20-,23+,24-,25+;/m1./s1. The van der Waals surface area contributed by atoms with E-state index in [4.69, 9.17) is 19.9 Å². The fourth-order valence-electron chi connectivity index (χ4n) is 5.75. The number of amides is 1. The van der Waals surface area contributed by atoms with Gasteiger partial charge >= 0.3 is 12.1 Å². The average molecular weight is 683 g/mol. The Morgan fingerprint density at radius 2 is 1.79 bits per heavy atom. The highest BCUT2D eigenvalue weighted by Gasteiger charge is 2.44. The fraction of sp³-hybridized carbons (Fsp3) is 0.567. The van der Waals surface area contributed by atoms with Crippen LogP contribution in [-0.4, -0.2) is 132 Å². The number of nitrogens with one attached hydrogen (secondary N) is 2. The Labute approximate surface area is 274 Å².